The molecule has 0 bridgehead atoms. The molecule has 1 aromatic carbocycles. The fourth-order valence-electron chi connectivity index (χ4n) is 2.28. The van der Waals surface area contributed by atoms with E-state index in [9.17, 15) is 4.79 Å². The first-order valence-electron chi connectivity index (χ1n) is 7.12. The van der Waals surface area contributed by atoms with Gasteiger partial charge in [0.05, 0.1) is 0 Å². The van der Waals surface area contributed by atoms with Crippen molar-refractivity contribution in [3.63, 3.8) is 0 Å². The maximum atomic E-state index is 12.0. The molecule has 5 heteroatoms. The molecule has 1 heterocycles. The van der Waals surface area contributed by atoms with Crippen molar-refractivity contribution in [3.8, 4) is 0 Å². The summed E-state index contributed by atoms with van der Waals surface area (Å²) in [5, 5.41) is 2.96. The van der Waals surface area contributed by atoms with Gasteiger partial charge in [0.1, 0.15) is 0 Å². The number of nitrogen functional groups attached to an aromatic ring is 1. The molecular formula is C15H23N3OS. The standard InChI is InChI=1S/C15H23N3OS/c1-12-13(16)4-2-5-14(12)17-15(19)6-8-18-7-3-10-20-11-9-18/h2,4-5H,3,6-11,16H2,1H3,(H,17,19). The summed E-state index contributed by atoms with van der Waals surface area (Å²) in [5.41, 5.74) is 8.32. The number of hydrogen-bond acceptors (Lipinski definition) is 4. The summed E-state index contributed by atoms with van der Waals surface area (Å²) >= 11 is 2.00. The maximum absolute atomic E-state index is 12.0. The van der Waals surface area contributed by atoms with Gasteiger partial charge in [-0.15, -0.1) is 0 Å². The lowest BCUT2D eigenvalue weighted by molar-refractivity contribution is -0.116. The van der Waals surface area contributed by atoms with Crippen LogP contribution in [0.15, 0.2) is 18.2 Å². The fraction of sp³-hybridized carbons (Fsp3) is 0.533. The molecule has 1 amide bonds. The fourth-order valence-corrected chi connectivity index (χ4v) is 3.21. The largest absolute Gasteiger partial charge is 0.398 e. The molecule has 0 saturated carbocycles. The molecule has 1 aliphatic heterocycles. The monoisotopic (exact) mass is 293 g/mol. The van der Waals surface area contributed by atoms with Gasteiger partial charge < -0.3 is 16.0 Å². The Bertz CT molecular complexity index is 456. The maximum Gasteiger partial charge on any atom is 0.225 e. The second-order valence-corrected chi connectivity index (χ2v) is 6.35. The van der Waals surface area contributed by atoms with E-state index in [4.69, 9.17) is 5.73 Å². The Morgan fingerprint density at radius 1 is 1.40 bits per heavy atom. The van der Waals surface area contributed by atoms with E-state index in [1.807, 2.05) is 36.9 Å². The molecule has 1 aliphatic rings. The second-order valence-electron chi connectivity index (χ2n) is 5.13. The third-order valence-electron chi connectivity index (χ3n) is 3.62. The molecule has 3 N–H and O–H groups in total. The van der Waals surface area contributed by atoms with E-state index >= 15 is 0 Å². The van der Waals surface area contributed by atoms with Crippen LogP contribution in [-0.4, -0.2) is 41.9 Å². The molecule has 1 saturated heterocycles. The van der Waals surface area contributed by atoms with Crippen LogP contribution in [0, 0.1) is 6.92 Å². The lowest BCUT2D eigenvalue weighted by atomic mass is 10.1. The van der Waals surface area contributed by atoms with E-state index in [1.165, 1.54) is 17.9 Å². The molecule has 1 aromatic rings. The van der Waals surface area contributed by atoms with Crippen LogP contribution in [0.25, 0.3) is 0 Å². The summed E-state index contributed by atoms with van der Waals surface area (Å²) in [5.74, 6) is 2.48. The van der Waals surface area contributed by atoms with Crippen molar-refractivity contribution >= 4 is 29.0 Å². The van der Waals surface area contributed by atoms with Gasteiger partial charge in [0.15, 0.2) is 0 Å². The first-order chi connectivity index (χ1) is 9.66. The molecule has 0 aromatic heterocycles. The third kappa shape index (κ3) is 4.42. The van der Waals surface area contributed by atoms with Crippen LogP contribution >= 0.6 is 11.8 Å². The molecule has 0 atom stereocenters. The number of carbonyl (C=O) groups is 1. The van der Waals surface area contributed by atoms with Gasteiger partial charge in [-0.3, -0.25) is 4.79 Å². The summed E-state index contributed by atoms with van der Waals surface area (Å²) in [6.45, 7) is 4.97. The van der Waals surface area contributed by atoms with Crippen molar-refractivity contribution in [1.82, 2.24) is 4.90 Å². The van der Waals surface area contributed by atoms with Crippen LogP contribution in [-0.2, 0) is 4.79 Å². The van der Waals surface area contributed by atoms with Crippen molar-refractivity contribution < 1.29 is 4.79 Å². The summed E-state index contributed by atoms with van der Waals surface area (Å²) in [6.07, 6.45) is 1.76. The molecule has 110 valence electrons. The Morgan fingerprint density at radius 2 is 2.25 bits per heavy atom. The Kier molecular flexibility index (Phi) is 5.73. The van der Waals surface area contributed by atoms with Crippen molar-refractivity contribution in [2.75, 3.05) is 42.2 Å². The third-order valence-corrected chi connectivity index (χ3v) is 4.67. The Labute approximate surface area is 125 Å². The molecular weight excluding hydrogens is 270 g/mol. The minimum absolute atomic E-state index is 0.0654. The number of hydrogen-bond donors (Lipinski definition) is 2. The topological polar surface area (TPSA) is 58.4 Å². The zero-order valence-corrected chi connectivity index (χ0v) is 12.8. The highest BCUT2D eigenvalue weighted by Crippen LogP contribution is 2.20. The average molecular weight is 293 g/mol. The van der Waals surface area contributed by atoms with E-state index in [2.05, 4.69) is 10.2 Å². The number of anilines is 2. The van der Waals surface area contributed by atoms with E-state index in [1.54, 1.807) is 0 Å². The van der Waals surface area contributed by atoms with Crippen LogP contribution in [0.4, 0.5) is 11.4 Å². The first-order valence-corrected chi connectivity index (χ1v) is 8.27. The van der Waals surface area contributed by atoms with Crippen LogP contribution in [0.2, 0.25) is 0 Å². The lowest BCUT2D eigenvalue weighted by Gasteiger charge is -2.19. The van der Waals surface area contributed by atoms with Crippen molar-refractivity contribution in [3.05, 3.63) is 23.8 Å². The van der Waals surface area contributed by atoms with Gasteiger partial charge in [-0.25, -0.2) is 0 Å². The number of rotatable bonds is 4. The zero-order chi connectivity index (χ0) is 14.4. The van der Waals surface area contributed by atoms with Crippen LogP contribution in [0.3, 0.4) is 0 Å². The van der Waals surface area contributed by atoms with Crippen LogP contribution in [0.5, 0.6) is 0 Å². The number of thioether (sulfide) groups is 1. The normalized spacial score (nSPS) is 16.6. The molecule has 0 aliphatic carbocycles. The van der Waals surface area contributed by atoms with E-state index < -0.39 is 0 Å². The molecule has 1 fully saturated rings. The lowest BCUT2D eigenvalue weighted by Crippen LogP contribution is -2.29. The van der Waals surface area contributed by atoms with Crippen molar-refractivity contribution in [2.45, 2.75) is 19.8 Å². The number of nitrogens with two attached hydrogens (primary N) is 1. The Morgan fingerprint density at radius 3 is 3.10 bits per heavy atom. The van der Waals surface area contributed by atoms with E-state index in [0.29, 0.717) is 12.1 Å². The first kappa shape index (κ1) is 15.2. The quantitative estimate of drug-likeness (QED) is 0.837. The minimum atomic E-state index is 0.0654. The number of carbonyl (C=O) groups excluding carboxylic acids is 1. The molecule has 2 rings (SSSR count). The van der Waals surface area contributed by atoms with Gasteiger partial charge in [0.25, 0.3) is 0 Å². The zero-order valence-electron chi connectivity index (χ0n) is 12.0. The number of nitrogens with zero attached hydrogens (tertiary/aromatic N) is 1. The predicted octanol–water partition coefficient (Wildman–Crippen LogP) is 2.34. The average Bonchev–Trinajstić information content (AvgIpc) is 2.70. The van der Waals surface area contributed by atoms with Gasteiger partial charge in [0.2, 0.25) is 5.91 Å². The summed E-state index contributed by atoms with van der Waals surface area (Å²) in [4.78, 5) is 14.4. The summed E-state index contributed by atoms with van der Waals surface area (Å²) in [6, 6.07) is 5.61. The second kappa shape index (κ2) is 7.55. The molecule has 0 spiro atoms. The SMILES string of the molecule is Cc1c(N)cccc1NC(=O)CCN1CCCSCC1. The summed E-state index contributed by atoms with van der Waals surface area (Å²) in [7, 11) is 0. The summed E-state index contributed by atoms with van der Waals surface area (Å²) < 4.78 is 0. The van der Waals surface area contributed by atoms with Gasteiger partial charge in [-0.2, -0.15) is 11.8 Å². The number of amides is 1. The molecule has 0 radical (unpaired) electrons. The minimum Gasteiger partial charge on any atom is -0.398 e. The molecule has 4 nitrogen and oxygen atoms in total. The van der Waals surface area contributed by atoms with E-state index in [-0.39, 0.29) is 5.91 Å². The van der Waals surface area contributed by atoms with Crippen molar-refractivity contribution in [1.29, 1.82) is 0 Å². The predicted molar refractivity (Wildman–Crippen MR) is 87.2 cm³/mol. The Balaban J connectivity index is 1.81. The highest BCUT2D eigenvalue weighted by Gasteiger charge is 2.12. The van der Waals surface area contributed by atoms with Crippen LogP contribution < -0.4 is 11.1 Å². The van der Waals surface area contributed by atoms with Gasteiger partial charge >= 0.3 is 0 Å². The smallest absolute Gasteiger partial charge is 0.225 e. The number of nitrogens with one attached hydrogen (secondary N) is 1. The molecule has 0 unspecified atom stereocenters. The van der Waals surface area contributed by atoms with Gasteiger partial charge in [0, 0.05) is 36.6 Å². The van der Waals surface area contributed by atoms with Gasteiger partial charge in [-0.05, 0) is 43.3 Å². The molecule has 20 heavy (non-hydrogen) atoms. The van der Waals surface area contributed by atoms with Crippen molar-refractivity contribution in [2.24, 2.45) is 0 Å². The van der Waals surface area contributed by atoms with Gasteiger partial charge in [-0.1, -0.05) is 6.07 Å². The highest BCUT2D eigenvalue weighted by molar-refractivity contribution is 7.99. The highest BCUT2D eigenvalue weighted by atomic mass is 32.2. The van der Waals surface area contributed by atoms with E-state index in [0.717, 1.165) is 30.9 Å². The van der Waals surface area contributed by atoms with Crippen LogP contribution in [0.1, 0.15) is 18.4 Å². The Hall–Kier alpha value is -1.20. The number of benzene rings is 1.